The van der Waals surface area contributed by atoms with Crippen LogP contribution in [0.1, 0.15) is 38.8 Å². The fourth-order valence-electron chi connectivity index (χ4n) is 3.22. The Labute approximate surface area is 182 Å². The number of carbonyl (C=O) groups is 2. The van der Waals surface area contributed by atoms with Crippen molar-refractivity contribution in [2.75, 3.05) is 25.5 Å². The third kappa shape index (κ3) is 6.15. The van der Waals surface area contributed by atoms with Crippen molar-refractivity contribution in [1.29, 1.82) is 0 Å². The lowest BCUT2D eigenvalue weighted by Gasteiger charge is -2.35. The summed E-state index contributed by atoms with van der Waals surface area (Å²) in [6, 6.07) is 16.1. The van der Waals surface area contributed by atoms with Crippen molar-refractivity contribution in [3.63, 3.8) is 0 Å². The molecule has 0 spiro atoms. The molecule has 0 heterocycles. The lowest BCUT2D eigenvalue weighted by molar-refractivity contribution is -0.142. The summed E-state index contributed by atoms with van der Waals surface area (Å²) in [7, 11) is 1.94. The minimum Gasteiger partial charge on any atom is -0.329 e. The molecule has 1 unspecified atom stereocenters. The van der Waals surface area contributed by atoms with Gasteiger partial charge in [0.2, 0.25) is 11.8 Å². The Morgan fingerprint density at radius 3 is 2.21 bits per heavy atom. The van der Waals surface area contributed by atoms with E-state index in [1.165, 1.54) is 0 Å². The van der Waals surface area contributed by atoms with Gasteiger partial charge in [-0.2, -0.15) is 0 Å². The molecule has 1 N–H and O–H groups in total. The predicted octanol–water partition coefficient (Wildman–Crippen LogP) is 4.71. The molecule has 0 bridgehead atoms. The average molecular weight is 460 g/mol. The van der Waals surface area contributed by atoms with Crippen LogP contribution in [0.15, 0.2) is 59.1 Å². The van der Waals surface area contributed by atoms with Gasteiger partial charge in [-0.15, -0.1) is 0 Å². The fourth-order valence-corrected chi connectivity index (χ4v) is 3.48. The van der Waals surface area contributed by atoms with Gasteiger partial charge in [0.05, 0.1) is 0 Å². The molecule has 0 aromatic heterocycles. The van der Waals surface area contributed by atoms with Crippen LogP contribution in [-0.4, -0.2) is 47.8 Å². The monoisotopic (exact) mass is 459 g/mol. The summed E-state index contributed by atoms with van der Waals surface area (Å²) in [4.78, 5) is 30.2. The Morgan fingerprint density at radius 2 is 1.66 bits per heavy atom. The van der Waals surface area contributed by atoms with Gasteiger partial charge in [0.25, 0.3) is 0 Å². The van der Waals surface area contributed by atoms with Gasteiger partial charge >= 0.3 is 0 Å². The van der Waals surface area contributed by atoms with Crippen LogP contribution in [0, 0.1) is 0 Å². The molecule has 0 radical (unpaired) electrons. The number of likely N-dealkylation sites (N-methyl/N-ethyl adjacent to an activating group) is 1. The van der Waals surface area contributed by atoms with Gasteiger partial charge in [-0.1, -0.05) is 60.1 Å². The van der Waals surface area contributed by atoms with Crippen molar-refractivity contribution in [3.05, 3.63) is 64.6 Å². The zero-order chi connectivity index (χ0) is 21.4. The van der Waals surface area contributed by atoms with Crippen LogP contribution in [-0.2, 0) is 9.59 Å². The van der Waals surface area contributed by atoms with Crippen molar-refractivity contribution in [3.8, 4) is 0 Å². The maximum absolute atomic E-state index is 13.6. The number of nitrogens with zero attached hydrogens (tertiary/aromatic N) is 2. The smallest absolute Gasteiger partial charge is 0.246 e. The van der Waals surface area contributed by atoms with E-state index in [-0.39, 0.29) is 11.8 Å². The molecule has 0 fully saturated rings. The lowest BCUT2D eigenvalue weighted by Crippen LogP contribution is -2.50. The van der Waals surface area contributed by atoms with Gasteiger partial charge in [0.1, 0.15) is 12.1 Å². The fraction of sp³-hybridized carbons (Fsp3) is 0.391. The quantitative estimate of drug-likeness (QED) is 0.590. The second-order valence-corrected chi connectivity index (χ2v) is 8.01. The van der Waals surface area contributed by atoms with Crippen molar-refractivity contribution >= 4 is 33.4 Å². The number of carbonyl (C=O) groups excluding carboxylic acids is 2. The van der Waals surface area contributed by atoms with E-state index in [0.717, 1.165) is 23.0 Å². The summed E-state index contributed by atoms with van der Waals surface area (Å²) in [6.45, 7) is 7.08. The van der Waals surface area contributed by atoms with Gasteiger partial charge in [-0.3, -0.25) is 14.5 Å². The van der Waals surface area contributed by atoms with Crippen LogP contribution in [0.25, 0.3) is 0 Å². The van der Waals surface area contributed by atoms with Gasteiger partial charge in [0, 0.05) is 16.7 Å². The van der Waals surface area contributed by atoms with Crippen LogP contribution in [0.5, 0.6) is 0 Å². The maximum atomic E-state index is 13.6. The van der Waals surface area contributed by atoms with E-state index >= 15 is 0 Å². The first-order valence-electron chi connectivity index (χ1n) is 10.0. The van der Waals surface area contributed by atoms with Crippen molar-refractivity contribution in [1.82, 2.24) is 9.80 Å². The number of anilines is 1. The summed E-state index contributed by atoms with van der Waals surface area (Å²) < 4.78 is 0.944. The molecule has 5 nitrogen and oxygen atoms in total. The molecular weight excluding hydrogens is 430 g/mol. The highest BCUT2D eigenvalue weighted by molar-refractivity contribution is 9.10. The summed E-state index contributed by atoms with van der Waals surface area (Å²) in [6.07, 6.45) is 0.777. The molecule has 29 heavy (non-hydrogen) atoms. The molecular formula is C23H30BrN3O2. The summed E-state index contributed by atoms with van der Waals surface area (Å²) in [5.41, 5.74) is 1.64. The van der Waals surface area contributed by atoms with E-state index in [2.05, 4.69) is 21.2 Å². The first kappa shape index (κ1) is 23.1. The molecule has 0 aliphatic carbocycles. The minimum atomic E-state index is -0.581. The molecule has 6 heteroatoms. The maximum Gasteiger partial charge on any atom is 0.246 e. The number of hydrogen-bond acceptors (Lipinski definition) is 3. The molecule has 2 atom stereocenters. The van der Waals surface area contributed by atoms with E-state index in [0.29, 0.717) is 12.2 Å². The zero-order valence-corrected chi connectivity index (χ0v) is 19.1. The number of hydrogen-bond donors (Lipinski definition) is 1. The first-order chi connectivity index (χ1) is 13.9. The first-order valence-corrected chi connectivity index (χ1v) is 10.8. The van der Waals surface area contributed by atoms with Gasteiger partial charge in [0.15, 0.2) is 0 Å². The Bertz CT molecular complexity index is 796. The van der Waals surface area contributed by atoms with Gasteiger partial charge < -0.3 is 10.2 Å². The predicted molar refractivity (Wildman–Crippen MR) is 122 cm³/mol. The molecule has 0 aliphatic rings. The van der Waals surface area contributed by atoms with E-state index in [1.807, 2.05) is 80.4 Å². The number of amides is 2. The van der Waals surface area contributed by atoms with Crippen LogP contribution in [0.3, 0.4) is 0 Å². The zero-order valence-electron chi connectivity index (χ0n) is 17.6. The van der Waals surface area contributed by atoms with Gasteiger partial charge in [-0.05, 0) is 56.8 Å². The van der Waals surface area contributed by atoms with E-state index in [9.17, 15) is 9.59 Å². The summed E-state index contributed by atoms with van der Waals surface area (Å²) in [5.74, 6) is -0.249. The number of halogens is 1. The van der Waals surface area contributed by atoms with Crippen molar-refractivity contribution in [2.24, 2.45) is 0 Å². The van der Waals surface area contributed by atoms with Crippen LogP contribution < -0.4 is 5.32 Å². The molecule has 2 amide bonds. The van der Waals surface area contributed by atoms with Crippen LogP contribution >= 0.6 is 15.9 Å². The van der Waals surface area contributed by atoms with Crippen molar-refractivity contribution < 1.29 is 9.59 Å². The summed E-state index contributed by atoms with van der Waals surface area (Å²) >= 11 is 3.39. The Balaban J connectivity index is 2.25. The minimum absolute atomic E-state index is 0.0548. The number of rotatable bonds is 9. The lowest BCUT2D eigenvalue weighted by atomic mass is 10.0. The standard InChI is InChI=1S/C23H30BrN3O2/c1-5-16-27(17(3)22(28)25-20-14-12-19(24)13-15-20)23(29)21(26(4)6-2)18-10-8-7-9-11-18/h7-15,17,21H,5-6,16H2,1-4H3,(H,25,28)/t17-,21?/m0/s1. The third-order valence-electron chi connectivity index (χ3n) is 5.00. The Hall–Kier alpha value is -2.18. The number of benzene rings is 2. The molecule has 0 saturated heterocycles. The van der Waals surface area contributed by atoms with Crippen molar-refractivity contribution in [2.45, 2.75) is 39.3 Å². The van der Waals surface area contributed by atoms with Gasteiger partial charge in [-0.25, -0.2) is 0 Å². The normalized spacial score (nSPS) is 13.0. The Morgan fingerprint density at radius 1 is 1.03 bits per heavy atom. The van der Waals surface area contributed by atoms with E-state index in [1.54, 1.807) is 11.8 Å². The van der Waals surface area contributed by atoms with Crippen LogP contribution in [0.2, 0.25) is 0 Å². The highest BCUT2D eigenvalue weighted by atomic mass is 79.9. The average Bonchev–Trinajstić information content (AvgIpc) is 2.73. The largest absolute Gasteiger partial charge is 0.329 e. The highest BCUT2D eigenvalue weighted by Gasteiger charge is 2.33. The Kier molecular flexibility index (Phi) is 8.86. The summed E-state index contributed by atoms with van der Waals surface area (Å²) in [5, 5.41) is 2.92. The second kappa shape index (κ2) is 11.1. The van der Waals surface area contributed by atoms with E-state index in [4.69, 9.17) is 0 Å². The second-order valence-electron chi connectivity index (χ2n) is 7.09. The molecule has 2 aromatic rings. The SMILES string of the molecule is CCCN(C(=O)C(c1ccccc1)N(C)CC)[C@@H](C)C(=O)Nc1ccc(Br)cc1. The number of nitrogens with one attached hydrogen (secondary N) is 1. The molecule has 0 aliphatic heterocycles. The third-order valence-corrected chi connectivity index (χ3v) is 5.52. The molecule has 0 saturated carbocycles. The van der Waals surface area contributed by atoms with E-state index < -0.39 is 12.1 Å². The molecule has 2 rings (SSSR count). The topological polar surface area (TPSA) is 52.7 Å². The highest BCUT2D eigenvalue weighted by Crippen LogP contribution is 2.24. The molecule has 156 valence electrons. The molecule has 2 aromatic carbocycles. The van der Waals surface area contributed by atoms with Crippen LogP contribution in [0.4, 0.5) is 5.69 Å².